The van der Waals surface area contributed by atoms with Crippen LogP contribution in [0.2, 0.25) is 0 Å². The summed E-state index contributed by atoms with van der Waals surface area (Å²) in [6.07, 6.45) is 1.68. The number of carbonyl (C=O) groups excluding carboxylic acids is 2. The second-order valence-corrected chi connectivity index (χ2v) is 6.44. The van der Waals surface area contributed by atoms with E-state index in [1.807, 2.05) is 25.1 Å². The van der Waals surface area contributed by atoms with Gasteiger partial charge in [-0.15, -0.1) is 0 Å². The van der Waals surface area contributed by atoms with E-state index >= 15 is 0 Å². The molecule has 1 fully saturated rings. The topological polar surface area (TPSA) is 67.4 Å². The zero-order valence-corrected chi connectivity index (χ0v) is 13.8. The number of thioether (sulfide) groups is 1. The largest absolute Gasteiger partial charge is 0.376 e. The number of para-hydroxylation sites is 1. The predicted molar refractivity (Wildman–Crippen MR) is 89.1 cm³/mol. The number of benzene rings is 1. The Labute approximate surface area is 135 Å². The van der Waals surface area contributed by atoms with Crippen molar-refractivity contribution in [3.63, 3.8) is 0 Å². The summed E-state index contributed by atoms with van der Waals surface area (Å²) in [7, 11) is 1.65. The standard InChI is InChI=1S/C16H22N2O3S/c1-3-12-6-4-5-7-13(12)18-15(20)14(19)17-10-16(21-2)8-9-22-11-16/h4-7H,3,8-11H2,1-2H3,(H,17,19)(H,18,20). The Hall–Kier alpha value is -1.53. The lowest BCUT2D eigenvalue weighted by atomic mass is 10.0. The first kappa shape index (κ1) is 16.8. The highest BCUT2D eigenvalue weighted by molar-refractivity contribution is 7.99. The van der Waals surface area contributed by atoms with Gasteiger partial charge in [0.05, 0.1) is 5.60 Å². The third-order valence-corrected chi connectivity index (χ3v) is 5.15. The van der Waals surface area contributed by atoms with Crippen molar-refractivity contribution in [2.45, 2.75) is 25.4 Å². The van der Waals surface area contributed by atoms with E-state index in [-0.39, 0.29) is 5.60 Å². The average Bonchev–Trinajstić information content (AvgIpc) is 3.02. The zero-order chi connectivity index (χ0) is 16.0. The fourth-order valence-corrected chi connectivity index (χ4v) is 3.81. The summed E-state index contributed by atoms with van der Waals surface area (Å²) < 4.78 is 5.52. The molecule has 1 atom stereocenters. The van der Waals surface area contributed by atoms with Gasteiger partial charge in [0, 0.05) is 25.1 Å². The molecule has 1 aliphatic rings. The zero-order valence-electron chi connectivity index (χ0n) is 13.0. The monoisotopic (exact) mass is 322 g/mol. The van der Waals surface area contributed by atoms with Crippen LogP contribution in [0.4, 0.5) is 5.69 Å². The number of anilines is 1. The lowest BCUT2D eigenvalue weighted by Gasteiger charge is -2.26. The quantitative estimate of drug-likeness (QED) is 0.812. The van der Waals surface area contributed by atoms with Gasteiger partial charge in [-0.25, -0.2) is 0 Å². The molecule has 2 N–H and O–H groups in total. The molecule has 6 heteroatoms. The SMILES string of the molecule is CCc1ccccc1NC(=O)C(=O)NCC1(OC)CCSC1. The second-order valence-electron chi connectivity index (χ2n) is 5.34. The van der Waals surface area contributed by atoms with E-state index < -0.39 is 11.8 Å². The van der Waals surface area contributed by atoms with E-state index in [9.17, 15) is 9.59 Å². The minimum Gasteiger partial charge on any atom is -0.376 e. The first-order valence-electron chi connectivity index (χ1n) is 7.40. The van der Waals surface area contributed by atoms with Crippen LogP contribution in [-0.2, 0) is 20.7 Å². The molecule has 0 saturated carbocycles. The molecule has 0 bridgehead atoms. The van der Waals surface area contributed by atoms with E-state index in [0.717, 1.165) is 29.9 Å². The molecule has 2 amide bonds. The molecular formula is C16H22N2O3S. The highest BCUT2D eigenvalue weighted by atomic mass is 32.2. The van der Waals surface area contributed by atoms with Crippen LogP contribution in [0.1, 0.15) is 18.9 Å². The number of rotatable bonds is 5. The average molecular weight is 322 g/mol. The van der Waals surface area contributed by atoms with Crippen LogP contribution in [0.3, 0.4) is 0 Å². The van der Waals surface area contributed by atoms with E-state index in [4.69, 9.17) is 4.74 Å². The Balaban J connectivity index is 1.91. The van der Waals surface area contributed by atoms with Crippen LogP contribution in [0.25, 0.3) is 0 Å². The smallest absolute Gasteiger partial charge is 0.313 e. The summed E-state index contributed by atoms with van der Waals surface area (Å²) in [5, 5.41) is 5.35. The van der Waals surface area contributed by atoms with Crippen molar-refractivity contribution in [1.82, 2.24) is 5.32 Å². The summed E-state index contributed by atoms with van der Waals surface area (Å²) in [5.74, 6) is 0.584. The number of carbonyl (C=O) groups is 2. The summed E-state index contributed by atoms with van der Waals surface area (Å²) in [5.41, 5.74) is 1.34. The van der Waals surface area contributed by atoms with Crippen LogP contribution in [0.5, 0.6) is 0 Å². The molecule has 1 aromatic rings. The third-order valence-electron chi connectivity index (χ3n) is 3.92. The maximum Gasteiger partial charge on any atom is 0.313 e. The highest BCUT2D eigenvalue weighted by Gasteiger charge is 2.35. The van der Waals surface area contributed by atoms with Crippen molar-refractivity contribution in [1.29, 1.82) is 0 Å². The number of methoxy groups -OCH3 is 1. The summed E-state index contributed by atoms with van der Waals surface area (Å²) in [6.45, 7) is 2.36. The molecular weight excluding hydrogens is 300 g/mol. The number of amides is 2. The summed E-state index contributed by atoms with van der Waals surface area (Å²) >= 11 is 1.80. The van der Waals surface area contributed by atoms with Crippen molar-refractivity contribution in [3.05, 3.63) is 29.8 Å². The highest BCUT2D eigenvalue weighted by Crippen LogP contribution is 2.30. The fourth-order valence-electron chi connectivity index (χ4n) is 2.41. The molecule has 22 heavy (non-hydrogen) atoms. The van der Waals surface area contributed by atoms with Crippen LogP contribution < -0.4 is 10.6 Å². The summed E-state index contributed by atoms with van der Waals surface area (Å²) in [4.78, 5) is 24.0. The number of aryl methyl sites for hydroxylation is 1. The number of hydrogen-bond donors (Lipinski definition) is 2. The lowest BCUT2D eigenvalue weighted by Crippen LogP contribution is -2.47. The number of ether oxygens (including phenoxy) is 1. The second kappa shape index (κ2) is 7.65. The van der Waals surface area contributed by atoms with Gasteiger partial charge in [0.15, 0.2) is 0 Å². The Morgan fingerprint density at radius 2 is 2.09 bits per heavy atom. The number of nitrogens with one attached hydrogen (secondary N) is 2. The van der Waals surface area contributed by atoms with Crippen LogP contribution >= 0.6 is 11.8 Å². The van der Waals surface area contributed by atoms with Crippen LogP contribution in [0.15, 0.2) is 24.3 Å². The number of hydrogen-bond acceptors (Lipinski definition) is 4. The molecule has 2 rings (SSSR count). The Morgan fingerprint density at radius 1 is 1.32 bits per heavy atom. The van der Waals surface area contributed by atoms with E-state index in [0.29, 0.717) is 12.2 Å². The Bertz CT molecular complexity index is 542. The van der Waals surface area contributed by atoms with Crippen molar-refractivity contribution in [2.75, 3.05) is 30.5 Å². The molecule has 0 radical (unpaired) electrons. The minimum absolute atomic E-state index is 0.345. The molecule has 120 valence electrons. The third kappa shape index (κ3) is 4.01. The molecule has 1 heterocycles. The normalized spacial score (nSPS) is 20.6. The Kier molecular flexibility index (Phi) is 5.85. The van der Waals surface area contributed by atoms with Crippen molar-refractivity contribution >= 4 is 29.3 Å². The van der Waals surface area contributed by atoms with E-state index in [1.54, 1.807) is 24.9 Å². The van der Waals surface area contributed by atoms with Gasteiger partial charge in [0.25, 0.3) is 0 Å². The maximum absolute atomic E-state index is 12.0. The van der Waals surface area contributed by atoms with E-state index in [1.165, 1.54) is 0 Å². The van der Waals surface area contributed by atoms with Gasteiger partial charge in [-0.1, -0.05) is 25.1 Å². The first-order chi connectivity index (χ1) is 10.6. The van der Waals surface area contributed by atoms with Crippen LogP contribution in [0, 0.1) is 0 Å². The van der Waals surface area contributed by atoms with Gasteiger partial charge in [-0.2, -0.15) is 11.8 Å². The Morgan fingerprint density at radius 3 is 2.73 bits per heavy atom. The van der Waals surface area contributed by atoms with Gasteiger partial charge < -0.3 is 15.4 Å². The molecule has 5 nitrogen and oxygen atoms in total. The fraction of sp³-hybridized carbons (Fsp3) is 0.500. The maximum atomic E-state index is 12.0. The van der Waals surface area contributed by atoms with Crippen LogP contribution in [-0.4, -0.2) is 42.6 Å². The first-order valence-corrected chi connectivity index (χ1v) is 8.55. The minimum atomic E-state index is -0.641. The van der Waals surface area contributed by atoms with Crippen molar-refractivity contribution in [3.8, 4) is 0 Å². The molecule has 1 aliphatic heterocycles. The van der Waals surface area contributed by atoms with Gasteiger partial charge in [0.1, 0.15) is 0 Å². The molecule has 0 spiro atoms. The van der Waals surface area contributed by atoms with Gasteiger partial charge >= 0.3 is 11.8 Å². The molecule has 1 unspecified atom stereocenters. The summed E-state index contributed by atoms with van der Waals surface area (Å²) in [6, 6.07) is 7.48. The molecule has 0 aliphatic carbocycles. The van der Waals surface area contributed by atoms with Gasteiger partial charge in [-0.3, -0.25) is 9.59 Å². The predicted octanol–water partition coefficient (Wildman–Crippen LogP) is 1.83. The lowest BCUT2D eigenvalue weighted by molar-refractivity contribution is -0.136. The molecule has 1 aromatic carbocycles. The van der Waals surface area contributed by atoms with Gasteiger partial charge in [-0.05, 0) is 30.2 Å². The molecule has 0 aromatic heterocycles. The van der Waals surface area contributed by atoms with E-state index in [2.05, 4.69) is 10.6 Å². The van der Waals surface area contributed by atoms with Gasteiger partial charge in [0.2, 0.25) is 0 Å². The van der Waals surface area contributed by atoms with Crippen molar-refractivity contribution < 1.29 is 14.3 Å². The molecule has 1 saturated heterocycles. The van der Waals surface area contributed by atoms with Crippen molar-refractivity contribution in [2.24, 2.45) is 0 Å².